The SMILES string of the molecule is Cc1ccc(Br)cc1CC1(CN)CC1. The maximum Gasteiger partial charge on any atom is 0.0178 e. The van der Waals surface area contributed by atoms with Crippen molar-refractivity contribution >= 4 is 15.9 Å². The summed E-state index contributed by atoms with van der Waals surface area (Å²) in [5, 5.41) is 0. The Morgan fingerprint density at radius 1 is 1.43 bits per heavy atom. The molecule has 0 radical (unpaired) electrons. The van der Waals surface area contributed by atoms with Crippen molar-refractivity contribution in [2.24, 2.45) is 11.1 Å². The summed E-state index contributed by atoms with van der Waals surface area (Å²) in [4.78, 5) is 0. The first-order valence-corrected chi connectivity index (χ1v) is 5.90. The Morgan fingerprint density at radius 3 is 2.71 bits per heavy atom. The predicted molar refractivity (Wildman–Crippen MR) is 63.3 cm³/mol. The molecule has 1 saturated carbocycles. The first-order valence-electron chi connectivity index (χ1n) is 5.10. The van der Waals surface area contributed by atoms with Crippen LogP contribution in [0, 0.1) is 12.3 Å². The first kappa shape index (κ1) is 10.2. The molecule has 1 fully saturated rings. The Bertz CT molecular complexity index is 342. The lowest BCUT2D eigenvalue weighted by Crippen LogP contribution is -2.18. The van der Waals surface area contributed by atoms with Gasteiger partial charge in [-0.3, -0.25) is 0 Å². The van der Waals surface area contributed by atoms with Crippen LogP contribution in [0.1, 0.15) is 24.0 Å². The van der Waals surface area contributed by atoms with Crippen molar-refractivity contribution in [1.29, 1.82) is 0 Å². The van der Waals surface area contributed by atoms with Gasteiger partial charge in [-0.25, -0.2) is 0 Å². The molecule has 2 rings (SSSR count). The lowest BCUT2D eigenvalue weighted by molar-refractivity contribution is 0.520. The summed E-state index contributed by atoms with van der Waals surface area (Å²) in [6.07, 6.45) is 3.75. The molecule has 0 bridgehead atoms. The highest BCUT2D eigenvalue weighted by atomic mass is 79.9. The molecule has 1 aromatic carbocycles. The Morgan fingerprint density at radius 2 is 2.14 bits per heavy atom. The second kappa shape index (κ2) is 3.67. The minimum absolute atomic E-state index is 0.436. The summed E-state index contributed by atoms with van der Waals surface area (Å²) >= 11 is 3.51. The van der Waals surface area contributed by atoms with Crippen LogP contribution in [-0.2, 0) is 6.42 Å². The lowest BCUT2D eigenvalue weighted by Gasteiger charge is -2.14. The van der Waals surface area contributed by atoms with E-state index in [1.54, 1.807) is 0 Å². The van der Waals surface area contributed by atoms with Crippen LogP contribution in [-0.4, -0.2) is 6.54 Å². The van der Waals surface area contributed by atoms with Gasteiger partial charge in [-0.15, -0.1) is 0 Å². The Balaban J connectivity index is 2.20. The summed E-state index contributed by atoms with van der Waals surface area (Å²) in [5.41, 5.74) is 9.06. The molecule has 1 nitrogen and oxygen atoms in total. The van der Waals surface area contributed by atoms with E-state index in [1.807, 2.05) is 0 Å². The minimum Gasteiger partial charge on any atom is -0.330 e. The number of rotatable bonds is 3. The molecule has 0 aromatic heterocycles. The monoisotopic (exact) mass is 253 g/mol. The van der Waals surface area contributed by atoms with Crippen LogP contribution in [0.5, 0.6) is 0 Å². The van der Waals surface area contributed by atoms with Crippen molar-refractivity contribution in [2.75, 3.05) is 6.54 Å². The number of benzene rings is 1. The third kappa shape index (κ3) is 2.01. The van der Waals surface area contributed by atoms with Crippen LogP contribution in [0.25, 0.3) is 0 Å². The van der Waals surface area contributed by atoms with E-state index >= 15 is 0 Å². The van der Waals surface area contributed by atoms with E-state index < -0.39 is 0 Å². The molecule has 0 heterocycles. The molecule has 2 heteroatoms. The largest absolute Gasteiger partial charge is 0.330 e. The van der Waals surface area contributed by atoms with Crippen LogP contribution < -0.4 is 5.73 Å². The molecule has 0 spiro atoms. The summed E-state index contributed by atoms with van der Waals surface area (Å²) in [5.74, 6) is 0. The Labute approximate surface area is 93.8 Å². The molecule has 0 unspecified atom stereocenters. The quantitative estimate of drug-likeness (QED) is 0.881. The first-order chi connectivity index (χ1) is 6.65. The zero-order valence-electron chi connectivity index (χ0n) is 8.52. The molecule has 0 saturated heterocycles. The maximum absolute atomic E-state index is 5.79. The third-order valence-corrected chi connectivity index (χ3v) is 3.76. The summed E-state index contributed by atoms with van der Waals surface area (Å²) in [6.45, 7) is 3.01. The summed E-state index contributed by atoms with van der Waals surface area (Å²) < 4.78 is 1.17. The molecule has 1 aliphatic rings. The number of hydrogen-bond acceptors (Lipinski definition) is 1. The van der Waals surface area contributed by atoms with E-state index in [0.717, 1.165) is 13.0 Å². The van der Waals surface area contributed by atoms with Crippen molar-refractivity contribution in [3.8, 4) is 0 Å². The minimum atomic E-state index is 0.436. The van der Waals surface area contributed by atoms with Crippen molar-refractivity contribution in [2.45, 2.75) is 26.2 Å². The zero-order chi connectivity index (χ0) is 10.2. The van der Waals surface area contributed by atoms with Gasteiger partial charge < -0.3 is 5.73 Å². The topological polar surface area (TPSA) is 26.0 Å². The van der Waals surface area contributed by atoms with Gasteiger partial charge in [0.1, 0.15) is 0 Å². The normalized spacial score (nSPS) is 18.2. The molecule has 1 aliphatic carbocycles. The highest BCUT2D eigenvalue weighted by Crippen LogP contribution is 2.47. The fourth-order valence-corrected chi connectivity index (χ4v) is 2.27. The highest BCUT2D eigenvalue weighted by molar-refractivity contribution is 9.10. The van der Waals surface area contributed by atoms with Crippen LogP contribution >= 0.6 is 15.9 Å². The summed E-state index contributed by atoms with van der Waals surface area (Å²) in [6, 6.07) is 6.50. The van der Waals surface area contributed by atoms with E-state index in [2.05, 4.69) is 41.1 Å². The molecular weight excluding hydrogens is 238 g/mol. The predicted octanol–water partition coefficient (Wildman–Crippen LogP) is 3.04. The number of hydrogen-bond donors (Lipinski definition) is 1. The van der Waals surface area contributed by atoms with Gasteiger partial charge in [-0.05, 0) is 61.4 Å². The molecule has 0 atom stereocenters. The lowest BCUT2D eigenvalue weighted by atomic mass is 9.94. The number of nitrogens with two attached hydrogens (primary N) is 1. The van der Waals surface area contributed by atoms with Gasteiger partial charge in [-0.1, -0.05) is 22.0 Å². The average molecular weight is 254 g/mol. The van der Waals surface area contributed by atoms with Crippen molar-refractivity contribution in [3.05, 3.63) is 33.8 Å². The van der Waals surface area contributed by atoms with Gasteiger partial charge in [0.15, 0.2) is 0 Å². The maximum atomic E-state index is 5.79. The number of halogens is 1. The van der Waals surface area contributed by atoms with Gasteiger partial charge in [0.25, 0.3) is 0 Å². The van der Waals surface area contributed by atoms with E-state index in [-0.39, 0.29) is 0 Å². The zero-order valence-corrected chi connectivity index (χ0v) is 10.1. The Hall–Kier alpha value is -0.340. The van der Waals surface area contributed by atoms with Gasteiger partial charge in [-0.2, -0.15) is 0 Å². The molecule has 1 aromatic rings. The molecular formula is C12H16BrN. The van der Waals surface area contributed by atoms with E-state index in [0.29, 0.717) is 5.41 Å². The summed E-state index contributed by atoms with van der Waals surface area (Å²) in [7, 11) is 0. The van der Waals surface area contributed by atoms with Gasteiger partial charge in [0.2, 0.25) is 0 Å². The average Bonchev–Trinajstić information content (AvgIpc) is 2.92. The second-order valence-corrected chi connectivity index (χ2v) is 5.37. The smallest absolute Gasteiger partial charge is 0.0178 e. The number of aryl methyl sites for hydroxylation is 1. The van der Waals surface area contributed by atoms with Crippen molar-refractivity contribution < 1.29 is 0 Å². The van der Waals surface area contributed by atoms with Crippen LogP contribution in [0.2, 0.25) is 0 Å². The highest BCUT2D eigenvalue weighted by Gasteiger charge is 2.41. The van der Waals surface area contributed by atoms with Crippen LogP contribution in [0.4, 0.5) is 0 Å². The molecule has 14 heavy (non-hydrogen) atoms. The molecule has 0 aliphatic heterocycles. The molecule has 0 amide bonds. The van der Waals surface area contributed by atoms with Gasteiger partial charge in [0, 0.05) is 4.47 Å². The van der Waals surface area contributed by atoms with Crippen LogP contribution in [0.3, 0.4) is 0 Å². The van der Waals surface area contributed by atoms with E-state index in [4.69, 9.17) is 5.73 Å². The molecule has 2 N–H and O–H groups in total. The molecule has 76 valence electrons. The van der Waals surface area contributed by atoms with Gasteiger partial charge in [0.05, 0.1) is 0 Å². The van der Waals surface area contributed by atoms with E-state index in [9.17, 15) is 0 Å². The fourth-order valence-electron chi connectivity index (χ4n) is 1.86. The second-order valence-electron chi connectivity index (χ2n) is 4.45. The van der Waals surface area contributed by atoms with Crippen molar-refractivity contribution in [3.63, 3.8) is 0 Å². The van der Waals surface area contributed by atoms with Crippen molar-refractivity contribution in [1.82, 2.24) is 0 Å². The van der Waals surface area contributed by atoms with Crippen LogP contribution in [0.15, 0.2) is 22.7 Å². The third-order valence-electron chi connectivity index (χ3n) is 3.27. The van der Waals surface area contributed by atoms with E-state index in [1.165, 1.54) is 28.4 Å². The van der Waals surface area contributed by atoms with Gasteiger partial charge >= 0.3 is 0 Å². The standard InChI is InChI=1S/C12H16BrN/c1-9-2-3-11(13)6-10(9)7-12(8-14)4-5-12/h2-3,6H,4-5,7-8,14H2,1H3. The fraction of sp³-hybridized carbons (Fsp3) is 0.500. The Kier molecular flexibility index (Phi) is 2.67.